The lowest BCUT2D eigenvalue weighted by Crippen LogP contribution is -2.40. The number of nitrogens with zero attached hydrogens (tertiary/aromatic N) is 2. The van der Waals surface area contributed by atoms with Crippen LogP contribution in [0, 0.1) is 0 Å². The monoisotopic (exact) mass is 569 g/mol. The van der Waals surface area contributed by atoms with Crippen LogP contribution in [0.1, 0.15) is 29.7 Å². The molecule has 5 rings (SSSR count). The van der Waals surface area contributed by atoms with Crippen LogP contribution in [0.3, 0.4) is 0 Å². The van der Waals surface area contributed by atoms with Crippen molar-refractivity contribution in [3.63, 3.8) is 0 Å². The number of carbonyl (C=O) groups excluding carboxylic acids is 2. The van der Waals surface area contributed by atoms with Gasteiger partial charge in [0.2, 0.25) is 0 Å². The minimum Gasteiger partial charge on any atom is -0.546 e. The summed E-state index contributed by atoms with van der Waals surface area (Å²) in [6, 6.07) is 22.3. The number of benzene rings is 3. The smallest absolute Gasteiger partial charge is 0.338 e. The lowest BCUT2D eigenvalue weighted by molar-refractivity contribution is -0.307. The fourth-order valence-electron chi connectivity index (χ4n) is 4.56. The van der Waals surface area contributed by atoms with Crippen LogP contribution in [0.4, 0.5) is 0 Å². The third kappa shape index (κ3) is 5.82. The van der Waals surface area contributed by atoms with Crippen molar-refractivity contribution in [2.75, 3.05) is 20.3 Å². The Balaban J connectivity index is 1.75. The highest BCUT2D eigenvalue weighted by molar-refractivity contribution is 7.07. The number of hydrogen-bond donors (Lipinski definition) is 0. The molecule has 1 aliphatic rings. The van der Waals surface area contributed by atoms with E-state index in [1.54, 1.807) is 62.6 Å². The molecule has 0 radical (unpaired) electrons. The van der Waals surface area contributed by atoms with Gasteiger partial charge in [0.25, 0.3) is 5.56 Å². The quantitative estimate of drug-likeness (QED) is 0.283. The molecular weight excluding hydrogens is 544 g/mol. The number of fused-ring (bicyclic) bond motifs is 1. The van der Waals surface area contributed by atoms with Crippen LogP contribution < -0.4 is 29.5 Å². The largest absolute Gasteiger partial charge is 0.546 e. The number of hydrogen-bond acceptors (Lipinski definition) is 9. The third-order valence-corrected chi connectivity index (χ3v) is 7.28. The Bertz CT molecular complexity index is 1820. The number of carboxylic acid groups (broad SMARTS) is 1. The minimum atomic E-state index is -1.34. The molecule has 10 heteroatoms. The lowest BCUT2D eigenvalue weighted by atomic mass is 9.93. The molecular formula is C31H25N2O7S-. The maximum Gasteiger partial charge on any atom is 0.338 e. The van der Waals surface area contributed by atoms with E-state index in [9.17, 15) is 19.5 Å². The average molecular weight is 570 g/mol. The predicted octanol–water partition coefficient (Wildman–Crippen LogP) is 2.07. The van der Waals surface area contributed by atoms with Crippen LogP contribution in [0.25, 0.3) is 11.8 Å². The van der Waals surface area contributed by atoms with Gasteiger partial charge < -0.3 is 24.1 Å². The van der Waals surface area contributed by atoms with Gasteiger partial charge in [0.05, 0.1) is 41.5 Å². The number of carbonyl (C=O) groups is 2. The Kier molecular flexibility index (Phi) is 8.11. The van der Waals surface area contributed by atoms with E-state index in [4.69, 9.17) is 19.2 Å². The zero-order valence-corrected chi connectivity index (χ0v) is 23.1. The van der Waals surface area contributed by atoms with Crippen LogP contribution in [0.5, 0.6) is 11.5 Å². The van der Waals surface area contributed by atoms with Crippen LogP contribution in [0.15, 0.2) is 94.2 Å². The highest BCUT2D eigenvalue weighted by atomic mass is 32.1. The summed E-state index contributed by atoms with van der Waals surface area (Å²) in [5.41, 5.74) is 2.29. The summed E-state index contributed by atoms with van der Waals surface area (Å²) < 4.78 is 18.0. The van der Waals surface area contributed by atoms with E-state index in [1.165, 1.54) is 15.9 Å². The van der Waals surface area contributed by atoms with Crippen LogP contribution in [-0.4, -0.2) is 36.8 Å². The Morgan fingerprint density at radius 1 is 1.02 bits per heavy atom. The number of ether oxygens (including phenoxy) is 3. The third-order valence-electron chi connectivity index (χ3n) is 6.30. The molecule has 1 atom stereocenters. The van der Waals surface area contributed by atoms with E-state index in [0.717, 1.165) is 0 Å². The zero-order chi connectivity index (χ0) is 28.9. The second-order valence-corrected chi connectivity index (χ2v) is 9.95. The first-order valence-corrected chi connectivity index (χ1v) is 13.6. The predicted molar refractivity (Wildman–Crippen MR) is 151 cm³/mol. The van der Waals surface area contributed by atoms with Gasteiger partial charge in [-0.2, -0.15) is 0 Å². The van der Waals surface area contributed by atoms with Gasteiger partial charge in [0, 0.05) is 5.56 Å². The number of thiazole rings is 1. The lowest BCUT2D eigenvalue weighted by Gasteiger charge is -2.26. The average Bonchev–Trinajstić information content (AvgIpc) is 3.30. The summed E-state index contributed by atoms with van der Waals surface area (Å²) in [7, 11) is 1.55. The first-order chi connectivity index (χ1) is 19.9. The number of carboxylic acids is 1. The topological polar surface area (TPSA) is 119 Å². The van der Waals surface area contributed by atoms with Crippen molar-refractivity contribution >= 4 is 35.0 Å². The number of aliphatic carboxylic acids is 1. The molecule has 9 nitrogen and oxygen atoms in total. The van der Waals surface area contributed by atoms with Crippen molar-refractivity contribution in [3.05, 3.63) is 121 Å². The summed E-state index contributed by atoms with van der Waals surface area (Å²) in [5, 5.41) is 10.8. The van der Waals surface area contributed by atoms with Gasteiger partial charge in [-0.15, -0.1) is 0 Å². The maximum absolute atomic E-state index is 14.0. The number of aromatic nitrogens is 1. The molecule has 0 N–H and O–H groups in total. The highest BCUT2D eigenvalue weighted by Gasteiger charge is 2.35. The summed E-state index contributed by atoms with van der Waals surface area (Å²) in [4.78, 5) is 43.5. The first kappa shape index (κ1) is 27.6. The van der Waals surface area contributed by atoms with E-state index in [-0.39, 0.29) is 17.7 Å². The van der Waals surface area contributed by atoms with Gasteiger partial charge in [0.15, 0.2) is 4.80 Å². The van der Waals surface area contributed by atoms with Gasteiger partial charge in [-0.05, 0) is 48.4 Å². The van der Waals surface area contributed by atoms with Gasteiger partial charge in [-0.3, -0.25) is 9.36 Å². The molecule has 0 saturated carbocycles. The van der Waals surface area contributed by atoms with Crippen molar-refractivity contribution < 1.29 is 28.9 Å². The standard InChI is InChI=1S/C31H26N2O7S/c1-3-39-30(37)26-27(20-10-5-4-6-11-20)32-31-33(28(26)21-12-8-13-22(17-21)38-2)29(36)24(41-31)16-19-9-7-14-23(15-19)40-18-25(34)35/h4-17,28H,3,18H2,1-2H3,(H,34,35)/p-1/b24-16-/t28-/m1/s1. The van der Waals surface area contributed by atoms with E-state index < -0.39 is 24.6 Å². The Morgan fingerprint density at radius 3 is 2.51 bits per heavy atom. The summed E-state index contributed by atoms with van der Waals surface area (Å²) in [6.45, 7) is 1.28. The van der Waals surface area contributed by atoms with Gasteiger partial charge in [0.1, 0.15) is 18.1 Å². The van der Waals surface area contributed by atoms with Gasteiger partial charge in [-0.1, -0.05) is 65.9 Å². The summed E-state index contributed by atoms with van der Waals surface area (Å²) in [5.74, 6) is -1.02. The SMILES string of the molecule is CCOC(=O)C1=C(c2ccccc2)N=c2s/c(=C\c3cccc(OCC(=O)[O-])c3)c(=O)n2[C@@H]1c1cccc(OC)c1. The maximum atomic E-state index is 14.0. The van der Waals surface area contributed by atoms with Gasteiger partial charge in [-0.25, -0.2) is 9.79 Å². The van der Waals surface area contributed by atoms with Crippen LogP contribution in [-0.2, 0) is 14.3 Å². The van der Waals surface area contributed by atoms with Crippen LogP contribution in [0.2, 0.25) is 0 Å². The van der Waals surface area contributed by atoms with Crippen molar-refractivity contribution in [1.82, 2.24) is 4.57 Å². The molecule has 3 aromatic carbocycles. The summed E-state index contributed by atoms with van der Waals surface area (Å²) in [6.07, 6.45) is 1.68. The minimum absolute atomic E-state index is 0.149. The second kappa shape index (κ2) is 12.1. The van der Waals surface area contributed by atoms with E-state index >= 15 is 0 Å². The molecule has 41 heavy (non-hydrogen) atoms. The fraction of sp³-hybridized carbons (Fsp3) is 0.161. The normalized spacial score (nSPS) is 14.7. The van der Waals surface area contributed by atoms with Crippen molar-refractivity contribution in [2.24, 2.45) is 4.99 Å². The molecule has 0 spiro atoms. The molecule has 0 fully saturated rings. The highest BCUT2D eigenvalue weighted by Crippen LogP contribution is 2.36. The van der Waals surface area contributed by atoms with Crippen molar-refractivity contribution in [2.45, 2.75) is 13.0 Å². The van der Waals surface area contributed by atoms with Crippen molar-refractivity contribution in [1.29, 1.82) is 0 Å². The fourth-order valence-corrected chi connectivity index (χ4v) is 5.56. The molecule has 208 valence electrons. The zero-order valence-electron chi connectivity index (χ0n) is 22.2. The molecule has 1 aromatic heterocycles. The second-order valence-electron chi connectivity index (χ2n) is 8.94. The number of esters is 1. The number of methoxy groups -OCH3 is 1. The number of rotatable bonds is 9. The first-order valence-electron chi connectivity index (χ1n) is 12.7. The Morgan fingerprint density at radius 2 is 1.78 bits per heavy atom. The van der Waals surface area contributed by atoms with E-state index in [0.29, 0.717) is 43.2 Å². The van der Waals surface area contributed by atoms with Crippen LogP contribution >= 0.6 is 11.3 Å². The van der Waals surface area contributed by atoms with Crippen molar-refractivity contribution in [3.8, 4) is 11.5 Å². The molecule has 0 aliphatic carbocycles. The Hall–Kier alpha value is -4.96. The molecule has 4 aromatic rings. The van der Waals surface area contributed by atoms with Gasteiger partial charge >= 0.3 is 5.97 Å². The van der Waals surface area contributed by atoms with E-state index in [2.05, 4.69) is 0 Å². The molecule has 0 amide bonds. The molecule has 1 aliphatic heterocycles. The molecule has 0 bridgehead atoms. The molecule has 2 heterocycles. The summed E-state index contributed by atoms with van der Waals surface area (Å²) >= 11 is 1.18. The van der Waals surface area contributed by atoms with E-state index in [1.807, 2.05) is 36.4 Å². The Labute approximate surface area is 238 Å². The molecule has 0 unspecified atom stereocenters. The molecule has 0 saturated heterocycles.